The van der Waals surface area contributed by atoms with Crippen LogP contribution in [0.1, 0.15) is 31.1 Å². The summed E-state index contributed by atoms with van der Waals surface area (Å²) in [5, 5.41) is 5.47. The SMILES string of the molecule is CC(=O)Nc1ccc(NS(C)(=O)=O)c(C(=O)NCC(C)(C)N2CCOCC2)c1. The third kappa shape index (κ3) is 6.47. The molecule has 0 radical (unpaired) electrons. The first-order valence-electron chi connectivity index (χ1n) is 8.98. The lowest BCUT2D eigenvalue weighted by atomic mass is 10.0. The van der Waals surface area contributed by atoms with Gasteiger partial charge in [-0.3, -0.25) is 19.2 Å². The monoisotopic (exact) mass is 412 g/mol. The van der Waals surface area contributed by atoms with Gasteiger partial charge in [-0.15, -0.1) is 0 Å². The van der Waals surface area contributed by atoms with Crippen LogP contribution in [0.2, 0.25) is 0 Å². The number of carbonyl (C=O) groups is 2. The first-order chi connectivity index (χ1) is 13.0. The van der Waals surface area contributed by atoms with Crippen LogP contribution in [0, 0.1) is 0 Å². The highest BCUT2D eigenvalue weighted by molar-refractivity contribution is 7.92. The van der Waals surface area contributed by atoms with Crippen LogP contribution in [0.15, 0.2) is 18.2 Å². The molecule has 3 N–H and O–H groups in total. The van der Waals surface area contributed by atoms with E-state index in [9.17, 15) is 18.0 Å². The number of rotatable bonds is 7. The van der Waals surface area contributed by atoms with E-state index in [2.05, 4.69) is 20.3 Å². The summed E-state index contributed by atoms with van der Waals surface area (Å²) < 4.78 is 31.0. The Kier molecular flexibility index (Phi) is 7.02. The Labute approximate surface area is 165 Å². The number of nitrogens with zero attached hydrogens (tertiary/aromatic N) is 1. The first kappa shape index (κ1) is 22.1. The van der Waals surface area contributed by atoms with Crippen LogP contribution in [0.3, 0.4) is 0 Å². The van der Waals surface area contributed by atoms with Crippen molar-refractivity contribution in [3.63, 3.8) is 0 Å². The smallest absolute Gasteiger partial charge is 0.253 e. The zero-order chi connectivity index (χ0) is 20.9. The number of ether oxygens (including phenoxy) is 1. The molecule has 0 aliphatic carbocycles. The largest absolute Gasteiger partial charge is 0.379 e. The maximum atomic E-state index is 12.8. The summed E-state index contributed by atoms with van der Waals surface area (Å²) in [5.41, 5.74) is 0.399. The second-order valence-corrected chi connectivity index (χ2v) is 9.16. The number of morpholine rings is 1. The molecular weight excluding hydrogens is 384 g/mol. The fourth-order valence-corrected chi connectivity index (χ4v) is 3.55. The topological polar surface area (TPSA) is 117 Å². The van der Waals surface area contributed by atoms with Gasteiger partial charge in [0.05, 0.1) is 30.7 Å². The summed E-state index contributed by atoms with van der Waals surface area (Å²) in [4.78, 5) is 26.4. The summed E-state index contributed by atoms with van der Waals surface area (Å²) in [6.07, 6.45) is 1.01. The molecule has 1 aliphatic heterocycles. The van der Waals surface area contributed by atoms with E-state index in [0.29, 0.717) is 25.4 Å². The molecular formula is C18H28N4O5S. The van der Waals surface area contributed by atoms with Gasteiger partial charge >= 0.3 is 0 Å². The van der Waals surface area contributed by atoms with E-state index in [1.165, 1.54) is 25.1 Å². The minimum Gasteiger partial charge on any atom is -0.379 e. The summed E-state index contributed by atoms with van der Waals surface area (Å²) in [5.74, 6) is -0.719. The molecule has 2 rings (SSSR count). The van der Waals surface area contributed by atoms with Gasteiger partial charge in [0.15, 0.2) is 0 Å². The van der Waals surface area contributed by atoms with Gasteiger partial charge in [0.2, 0.25) is 15.9 Å². The van der Waals surface area contributed by atoms with Gasteiger partial charge in [0, 0.05) is 37.8 Å². The minimum atomic E-state index is -3.57. The van der Waals surface area contributed by atoms with Crippen molar-refractivity contribution in [2.24, 2.45) is 0 Å². The second-order valence-electron chi connectivity index (χ2n) is 7.41. The van der Waals surface area contributed by atoms with Gasteiger partial charge in [0.25, 0.3) is 5.91 Å². The lowest BCUT2D eigenvalue weighted by molar-refractivity contribution is -0.114. The Morgan fingerprint density at radius 1 is 1.21 bits per heavy atom. The van der Waals surface area contributed by atoms with Crippen LogP contribution in [-0.4, -0.2) is 69.8 Å². The average molecular weight is 413 g/mol. The zero-order valence-corrected chi connectivity index (χ0v) is 17.5. The molecule has 10 heteroatoms. The Morgan fingerprint density at radius 2 is 1.86 bits per heavy atom. The average Bonchev–Trinajstić information content (AvgIpc) is 2.60. The highest BCUT2D eigenvalue weighted by Gasteiger charge is 2.29. The first-order valence-corrected chi connectivity index (χ1v) is 10.9. The van der Waals surface area contributed by atoms with Gasteiger partial charge in [-0.05, 0) is 32.0 Å². The fraction of sp³-hybridized carbons (Fsp3) is 0.556. The van der Waals surface area contributed by atoms with Crippen molar-refractivity contribution in [1.29, 1.82) is 0 Å². The van der Waals surface area contributed by atoms with Crippen LogP contribution in [0.25, 0.3) is 0 Å². The van der Waals surface area contributed by atoms with E-state index in [1.54, 1.807) is 0 Å². The van der Waals surface area contributed by atoms with Crippen LogP contribution in [0.4, 0.5) is 11.4 Å². The lowest BCUT2D eigenvalue weighted by Crippen LogP contribution is -2.55. The van der Waals surface area contributed by atoms with Crippen molar-refractivity contribution < 1.29 is 22.7 Å². The van der Waals surface area contributed by atoms with Crippen molar-refractivity contribution in [2.45, 2.75) is 26.3 Å². The second kappa shape index (κ2) is 8.89. The molecule has 0 aromatic heterocycles. The molecule has 0 unspecified atom stereocenters. The maximum Gasteiger partial charge on any atom is 0.253 e. The van der Waals surface area contributed by atoms with Crippen LogP contribution in [-0.2, 0) is 19.6 Å². The Balaban J connectivity index is 2.19. The summed E-state index contributed by atoms with van der Waals surface area (Å²) in [6, 6.07) is 4.43. The normalized spacial score (nSPS) is 15.7. The highest BCUT2D eigenvalue weighted by atomic mass is 32.2. The Hall–Kier alpha value is -2.17. The van der Waals surface area contributed by atoms with Gasteiger partial charge in [-0.2, -0.15) is 0 Å². The third-order valence-electron chi connectivity index (χ3n) is 4.43. The molecule has 1 aromatic carbocycles. The number of hydrogen-bond donors (Lipinski definition) is 3. The predicted octanol–water partition coefficient (Wildman–Crippen LogP) is 0.857. The maximum absolute atomic E-state index is 12.8. The number of carbonyl (C=O) groups excluding carboxylic acids is 2. The van der Waals surface area contributed by atoms with Crippen LogP contribution < -0.4 is 15.4 Å². The molecule has 2 amide bonds. The van der Waals surface area contributed by atoms with E-state index in [-0.39, 0.29) is 22.7 Å². The number of nitrogens with one attached hydrogen (secondary N) is 3. The number of anilines is 2. The van der Waals surface area contributed by atoms with Crippen LogP contribution >= 0.6 is 0 Å². The quantitative estimate of drug-likeness (QED) is 0.612. The molecule has 1 aliphatic rings. The molecule has 156 valence electrons. The summed E-state index contributed by atoms with van der Waals surface area (Å²) >= 11 is 0. The van der Waals surface area contributed by atoms with Crippen molar-refractivity contribution in [1.82, 2.24) is 10.2 Å². The number of hydrogen-bond acceptors (Lipinski definition) is 6. The standard InChI is InChI=1S/C18H28N4O5S/c1-13(23)20-14-5-6-16(21-28(4,25)26)15(11-14)17(24)19-12-18(2,3)22-7-9-27-10-8-22/h5-6,11,21H,7-10,12H2,1-4H3,(H,19,24)(H,20,23). The Morgan fingerprint density at radius 3 is 2.43 bits per heavy atom. The van der Waals surface area contributed by atoms with Crippen molar-refractivity contribution in [3.05, 3.63) is 23.8 Å². The Bertz CT molecular complexity index is 832. The van der Waals surface area contributed by atoms with Gasteiger partial charge in [0.1, 0.15) is 0 Å². The van der Waals surface area contributed by atoms with Crippen molar-refractivity contribution >= 4 is 33.2 Å². The molecule has 9 nitrogen and oxygen atoms in total. The third-order valence-corrected chi connectivity index (χ3v) is 5.02. The molecule has 1 fully saturated rings. The van der Waals surface area contributed by atoms with Crippen molar-refractivity contribution in [3.8, 4) is 0 Å². The molecule has 28 heavy (non-hydrogen) atoms. The van der Waals surface area contributed by atoms with Crippen LogP contribution in [0.5, 0.6) is 0 Å². The number of amides is 2. The van der Waals surface area contributed by atoms with E-state index < -0.39 is 15.9 Å². The summed E-state index contributed by atoms with van der Waals surface area (Å²) in [6.45, 7) is 8.65. The molecule has 0 spiro atoms. The lowest BCUT2D eigenvalue weighted by Gasteiger charge is -2.40. The van der Waals surface area contributed by atoms with Crippen molar-refractivity contribution in [2.75, 3.05) is 49.1 Å². The molecule has 1 saturated heterocycles. The molecule has 0 bridgehead atoms. The van der Waals surface area contributed by atoms with Gasteiger partial charge in [-0.1, -0.05) is 0 Å². The predicted molar refractivity (Wildman–Crippen MR) is 108 cm³/mol. The summed E-state index contributed by atoms with van der Waals surface area (Å²) in [7, 11) is -3.57. The van der Waals surface area contributed by atoms with E-state index in [0.717, 1.165) is 19.3 Å². The van der Waals surface area contributed by atoms with E-state index in [4.69, 9.17) is 4.74 Å². The fourth-order valence-electron chi connectivity index (χ4n) is 2.97. The molecule has 1 aromatic rings. The van der Waals surface area contributed by atoms with Gasteiger partial charge in [-0.25, -0.2) is 8.42 Å². The van der Waals surface area contributed by atoms with E-state index in [1.807, 2.05) is 13.8 Å². The molecule has 0 atom stereocenters. The molecule has 0 saturated carbocycles. The minimum absolute atomic E-state index is 0.134. The van der Waals surface area contributed by atoms with Gasteiger partial charge < -0.3 is 15.4 Å². The van der Waals surface area contributed by atoms with E-state index >= 15 is 0 Å². The zero-order valence-electron chi connectivity index (χ0n) is 16.7. The molecule has 1 heterocycles. The number of sulfonamides is 1. The highest BCUT2D eigenvalue weighted by Crippen LogP contribution is 2.22. The number of benzene rings is 1.